The molecule has 0 spiro atoms. The quantitative estimate of drug-likeness (QED) is 0.331. The summed E-state index contributed by atoms with van der Waals surface area (Å²) in [5.74, 6) is -0.467. The van der Waals surface area contributed by atoms with Gasteiger partial charge in [0.2, 0.25) is 11.8 Å². The van der Waals surface area contributed by atoms with E-state index in [2.05, 4.69) is 15.3 Å². The number of benzene rings is 1. The van der Waals surface area contributed by atoms with Crippen molar-refractivity contribution in [2.45, 2.75) is 31.6 Å². The number of aromatic nitrogens is 2. The Morgan fingerprint density at radius 1 is 1.15 bits per heavy atom. The number of nitrogens with zero attached hydrogens (tertiary/aromatic N) is 3. The molecule has 0 saturated heterocycles. The molecule has 4 rings (SSSR count). The Morgan fingerprint density at radius 2 is 1.90 bits per heavy atom. The van der Waals surface area contributed by atoms with Gasteiger partial charge in [-0.1, -0.05) is 0 Å². The number of pyridine rings is 1. The first-order valence-electron chi connectivity index (χ1n) is 11.8. The molecule has 4 aromatic rings. The molecule has 0 aliphatic rings. The molecule has 0 radical (unpaired) electrons. The number of amides is 2. The maximum absolute atomic E-state index is 13.4. The van der Waals surface area contributed by atoms with Crippen LogP contribution in [0.4, 0.5) is 13.2 Å². The largest absolute Gasteiger partial charge is 0.494 e. The summed E-state index contributed by atoms with van der Waals surface area (Å²) in [5, 5.41) is 3.01. The first-order chi connectivity index (χ1) is 18.4. The topological polar surface area (TPSA) is 137 Å². The number of halogens is 3. The molecule has 0 bridgehead atoms. The fourth-order valence-electron chi connectivity index (χ4n) is 3.92. The van der Waals surface area contributed by atoms with Crippen LogP contribution in [0.1, 0.15) is 53.1 Å². The van der Waals surface area contributed by atoms with E-state index in [4.69, 9.17) is 19.3 Å². The second-order valence-corrected chi connectivity index (χ2v) is 8.96. The first-order valence-corrected chi connectivity index (χ1v) is 11.8. The van der Waals surface area contributed by atoms with Gasteiger partial charge in [-0.15, -0.1) is 0 Å². The zero-order valence-electron chi connectivity index (χ0n) is 21.5. The number of nitrogens with one attached hydrogen (secondary N) is 1. The number of fused-ring (bicyclic) bond motifs is 1. The molecule has 0 aliphatic carbocycles. The Kier molecular flexibility index (Phi) is 7.63. The summed E-state index contributed by atoms with van der Waals surface area (Å²) in [6.45, 7) is 1.59. The van der Waals surface area contributed by atoms with Crippen LogP contribution in [-0.2, 0) is 11.0 Å². The summed E-state index contributed by atoms with van der Waals surface area (Å²) in [6, 6.07) is 6.72. The van der Waals surface area contributed by atoms with Crippen molar-refractivity contribution in [1.82, 2.24) is 20.2 Å². The normalized spacial score (nSPS) is 13.2. The minimum Gasteiger partial charge on any atom is -0.494 e. The van der Waals surface area contributed by atoms with Crippen molar-refractivity contribution < 1.29 is 36.3 Å². The van der Waals surface area contributed by atoms with Crippen LogP contribution in [0.15, 0.2) is 51.5 Å². The summed E-state index contributed by atoms with van der Waals surface area (Å²) in [6.07, 6.45) is -3.33. The Labute approximate surface area is 220 Å². The monoisotopic (exact) mass is 545 g/mol. The van der Waals surface area contributed by atoms with E-state index in [1.807, 2.05) is 0 Å². The number of hydrogen-bond donors (Lipinski definition) is 2. The summed E-state index contributed by atoms with van der Waals surface area (Å²) in [4.78, 5) is 35.2. The molecule has 10 nitrogen and oxygen atoms in total. The van der Waals surface area contributed by atoms with Crippen LogP contribution in [0, 0.1) is 0 Å². The molecular formula is C26H26F3N5O5. The Hall–Kier alpha value is -4.39. The van der Waals surface area contributed by atoms with Crippen molar-refractivity contribution >= 4 is 22.7 Å². The highest BCUT2D eigenvalue weighted by atomic mass is 19.4. The molecule has 0 unspecified atom stereocenters. The van der Waals surface area contributed by atoms with Crippen LogP contribution in [0.2, 0.25) is 0 Å². The van der Waals surface area contributed by atoms with Gasteiger partial charge in [-0.25, -0.2) is 9.97 Å². The maximum atomic E-state index is 13.4. The van der Waals surface area contributed by atoms with Crippen molar-refractivity contribution in [2.75, 3.05) is 21.2 Å². The van der Waals surface area contributed by atoms with Gasteiger partial charge >= 0.3 is 6.18 Å². The molecule has 206 valence electrons. The van der Waals surface area contributed by atoms with Gasteiger partial charge in [0.25, 0.3) is 5.91 Å². The summed E-state index contributed by atoms with van der Waals surface area (Å²) >= 11 is 0. The van der Waals surface area contributed by atoms with Crippen molar-refractivity contribution in [3.63, 3.8) is 0 Å². The van der Waals surface area contributed by atoms with Crippen LogP contribution in [-0.4, -0.2) is 47.9 Å². The Morgan fingerprint density at radius 3 is 2.49 bits per heavy atom. The lowest BCUT2D eigenvalue weighted by atomic mass is 10.1. The van der Waals surface area contributed by atoms with Crippen LogP contribution < -0.4 is 15.8 Å². The lowest BCUT2D eigenvalue weighted by Crippen LogP contribution is -2.34. The fourth-order valence-corrected chi connectivity index (χ4v) is 3.92. The van der Waals surface area contributed by atoms with Crippen LogP contribution in [0.5, 0.6) is 5.75 Å². The highest BCUT2D eigenvalue weighted by Gasteiger charge is 2.33. The van der Waals surface area contributed by atoms with Crippen LogP contribution in [0.25, 0.3) is 22.4 Å². The van der Waals surface area contributed by atoms with Gasteiger partial charge < -0.3 is 29.5 Å². The number of nitrogens with two attached hydrogens (primary N) is 1. The summed E-state index contributed by atoms with van der Waals surface area (Å²) < 4.78 is 56.4. The minimum absolute atomic E-state index is 0.0449. The molecule has 0 fully saturated rings. The van der Waals surface area contributed by atoms with E-state index in [-0.39, 0.29) is 51.9 Å². The number of ether oxygens (including phenoxy) is 1. The number of alkyl halides is 3. The standard InChI is InChI=1S/C26H26F3N5O5/c1-13(30)23-22(24(36)31-16(12-20(35)34(2)3)17-6-5-11-38-17)33-25(39-23)15-7-9-18(37-4)21-14(15)8-10-19(32-21)26(27,28)29/h5-11,13,16H,12,30H2,1-4H3,(H,31,36)/t13-,16+/m0/s1. The average Bonchev–Trinajstić information content (AvgIpc) is 3.57. The zero-order valence-corrected chi connectivity index (χ0v) is 21.5. The van der Waals surface area contributed by atoms with E-state index in [1.165, 1.54) is 36.5 Å². The summed E-state index contributed by atoms with van der Waals surface area (Å²) in [7, 11) is 4.50. The van der Waals surface area contributed by atoms with Gasteiger partial charge in [0.15, 0.2) is 11.5 Å². The number of rotatable bonds is 8. The van der Waals surface area contributed by atoms with Crippen LogP contribution >= 0.6 is 0 Å². The smallest absolute Gasteiger partial charge is 0.433 e. The van der Waals surface area contributed by atoms with Gasteiger partial charge in [-0.05, 0) is 43.3 Å². The predicted octanol–water partition coefficient (Wildman–Crippen LogP) is 4.48. The van der Waals surface area contributed by atoms with Gasteiger partial charge in [-0.2, -0.15) is 13.2 Å². The molecule has 39 heavy (non-hydrogen) atoms. The molecule has 3 N–H and O–H groups in total. The third-order valence-corrected chi connectivity index (χ3v) is 5.91. The van der Waals surface area contributed by atoms with E-state index in [0.717, 1.165) is 6.07 Å². The SMILES string of the molecule is COc1ccc(-c2nc(C(=O)N[C@H](CC(=O)N(C)C)c3ccco3)c([C@H](C)N)o2)c2ccc(C(F)(F)F)nc12. The van der Waals surface area contributed by atoms with Crippen molar-refractivity contribution in [3.05, 3.63) is 65.6 Å². The molecule has 2 amide bonds. The molecule has 2 atom stereocenters. The minimum atomic E-state index is -4.66. The molecule has 1 aromatic carbocycles. The Balaban J connectivity index is 1.76. The van der Waals surface area contributed by atoms with E-state index in [9.17, 15) is 22.8 Å². The third kappa shape index (κ3) is 5.72. The highest BCUT2D eigenvalue weighted by molar-refractivity contribution is 5.98. The predicted molar refractivity (Wildman–Crippen MR) is 134 cm³/mol. The second-order valence-electron chi connectivity index (χ2n) is 8.96. The second kappa shape index (κ2) is 10.8. The van der Waals surface area contributed by atoms with E-state index >= 15 is 0 Å². The zero-order chi connectivity index (χ0) is 28.5. The fraction of sp³-hybridized carbons (Fsp3) is 0.308. The van der Waals surface area contributed by atoms with E-state index in [0.29, 0.717) is 5.76 Å². The number of methoxy groups -OCH3 is 1. The number of carbonyl (C=O) groups is 2. The van der Waals surface area contributed by atoms with Crippen molar-refractivity contribution in [1.29, 1.82) is 0 Å². The van der Waals surface area contributed by atoms with Gasteiger partial charge in [0.05, 0.1) is 31.9 Å². The highest BCUT2D eigenvalue weighted by Crippen LogP contribution is 2.37. The van der Waals surface area contributed by atoms with E-state index in [1.54, 1.807) is 33.2 Å². The van der Waals surface area contributed by atoms with Gasteiger partial charge in [0.1, 0.15) is 22.7 Å². The number of oxazole rings is 1. The number of hydrogen-bond acceptors (Lipinski definition) is 8. The van der Waals surface area contributed by atoms with Crippen molar-refractivity contribution in [3.8, 4) is 17.2 Å². The lowest BCUT2D eigenvalue weighted by Gasteiger charge is -2.18. The first kappa shape index (κ1) is 27.6. The van der Waals surface area contributed by atoms with Crippen molar-refractivity contribution in [2.24, 2.45) is 5.73 Å². The number of furan rings is 1. The van der Waals surface area contributed by atoms with Crippen LogP contribution in [0.3, 0.4) is 0 Å². The molecule has 3 aromatic heterocycles. The molecule has 3 heterocycles. The summed E-state index contributed by atoms with van der Waals surface area (Å²) in [5.41, 5.74) is 5.05. The lowest BCUT2D eigenvalue weighted by molar-refractivity contribution is -0.141. The Bertz CT molecular complexity index is 1500. The third-order valence-electron chi connectivity index (χ3n) is 5.91. The molecule has 13 heteroatoms. The molecule has 0 saturated carbocycles. The van der Waals surface area contributed by atoms with Gasteiger partial charge in [-0.3, -0.25) is 9.59 Å². The number of carbonyl (C=O) groups excluding carboxylic acids is 2. The molecular weight excluding hydrogens is 519 g/mol. The van der Waals surface area contributed by atoms with E-state index < -0.39 is 29.9 Å². The molecule has 0 aliphatic heterocycles. The average molecular weight is 546 g/mol. The maximum Gasteiger partial charge on any atom is 0.433 e. The van der Waals surface area contributed by atoms with Gasteiger partial charge in [0, 0.05) is 25.0 Å².